The third-order valence-corrected chi connectivity index (χ3v) is 2.18. The number of hydrogen-bond donors (Lipinski definition) is 1. The fraction of sp³-hybridized carbons (Fsp3) is 0.417. The lowest BCUT2D eigenvalue weighted by Crippen LogP contribution is -2.23. The van der Waals surface area contributed by atoms with Crippen LogP contribution in [0.5, 0.6) is 11.5 Å². The molecule has 1 rings (SSSR count). The van der Waals surface area contributed by atoms with Gasteiger partial charge in [-0.05, 0) is 24.6 Å². The minimum atomic E-state index is -2.93. The number of nitrogens with one attached hydrogen (secondary N) is 1. The summed E-state index contributed by atoms with van der Waals surface area (Å²) in [5.41, 5.74) is 0.335. The second-order valence-corrected chi connectivity index (χ2v) is 3.50. The molecule has 0 fully saturated rings. The number of rotatable bonds is 6. The van der Waals surface area contributed by atoms with E-state index in [0.29, 0.717) is 12.1 Å². The number of halogens is 2. The van der Waals surface area contributed by atoms with Crippen LogP contribution in [0.1, 0.15) is 23.7 Å². The average Bonchev–Trinajstić information content (AvgIpc) is 2.35. The predicted molar refractivity (Wildman–Crippen MR) is 62.3 cm³/mol. The van der Waals surface area contributed by atoms with E-state index in [0.717, 1.165) is 6.42 Å². The molecule has 0 spiro atoms. The van der Waals surface area contributed by atoms with Crippen molar-refractivity contribution in [2.24, 2.45) is 0 Å². The Bertz CT molecular complexity index is 410. The van der Waals surface area contributed by atoms with Crippen molar-refractivity contribution in [3.05, 3.63) is 23.8 Å². The Balaban J connectivity index is 2.87. The van der Waals surface area contributed by atoms with Gasteiger partial charge in [0.15, 0.2) is 11.5 Å². The second-order valence-electron chi connectivity index (χ2n) is 3.50. The minimum absolute atomic E-state index is 0.0967. The van der Waals surface area contributed by atoms with Gasteiger partial charge in [-0.15, -0.1) is 0 Å². The van der Waals surface area contributed by atoms with Gasteiger partial charge in [-0.25, -0.2) is 0 Å². The maximum absolute atomic E-state index is 12.1. The van der Waals surface area contributed by atoms with E-state index in [1.807, 2.05) is 6.92 Å². The van der Waals surface area contributed by atoms with Gasteiger partial charge in [0.1, 0.15) is 0 Å². The summed E-state index contributed by atoms with van der Waals surface area (Å²) in [6.45, 7) is -0.449. The number of ether oxygens (including phenoxy) is 2. The van der Waals surface area contributed by atoms with Crippen LogP contribution >= 0.6 is 0 Å². The lowest BCUT2D eigenvalue weighted by Gasteiger charge is -2.11. The molecule has 0 aliphatic heterocycles. The van der Waals surface area contributed by atoms with Crippen LogP contribution in [0.3, 0.4) is 0 Å². The standard InChI is InChI=1S/C12H15F2NO3/c1-3-6-15-11(16)8-4-5-9(18-12(13)14)10(7-8)17-2/h4-5,7,12H,3,6H2,1-2H3,(H,15,16). The highest BCUT2D eigenvalue weighted by Crippen LogP contribution is 2.29. The molecule has 1 aromatic carbocycles. The molecule has 4 nitrogen and oxygen atoms in total. The largest absolute Gasteiger partial charge is 0.493 e. The fourth-order valence-corrected chi connectivity index (χ4v) is 1.34. The van der Waals surface area contributed by atoms with E-state index in [1.165, 1.54) is 25.3 Å². The molecule has 1 N–H and O–H groups in total. The molecule has 0 aliphatic rings. The van der Waals surface area contributed by atoms with Crippen LogP contribution in [-0.4, -0.2) is 26.2 Å². The van der Waals surface area contributed by atoms with Crippen LogP contribution < -0.4 is 14.8 Å². The normalized spacial score (nSPS) is 10.3. The smallest absolute Gasteiger partial charge is 0.387 e. The van der Waals surface area contributed by atoms with Crippen molar-refractivity contribution in [3.63, 3.8) is 0 Å². The molecule has 0 radical (unpaired) electrons. The quantitative estimate of drug-likeness (QED) is 0.853. The van der Waals surface area contributed by atoms with Gasteiger partial charge in [0, 0.05) is 12.1 Å². The highest BCUT2D eigenvalue weighted by Gasteiger charge is 2.13. The Morgan fingerprint density at radius 3 is 2.67 bits per heavy atom. The molecule has 0 saturated heterocycles. The van der Waals surface area contributed by atoms with E-state index in [1.54, 1.807) is 0 Å². The van der Waals surface area contributed by atoms with Crippen LogP contribution in [0.4, 0.5) is 8.78 Å². The summed E-state index contributed by atoms with van der Waals surface area (Å²) in [4.78, 5) is 11.6. The van der Waals surface area contributed by atoms with E-state index >= 15 is 0 Å². The number of methoxy groups -OCH3 is 1. The molecular weight excluding hydrogens is 244 g/mol. The molecule has 1 aromatic rings. The van der Waals surface area contributed by atoms with Gasteiger partial charge in [0.05, 0.1) is 7.11 Å². The van der Waals surface area contributed by atoms with Crippen LogP contribution in [-0.2, 0) is 0 Å². The number of amides is 1. The summed E-state index contributed by atoms with van der Waals surface area (Å²) in [5, 5.41) is 2.68. The van der Waals surface area contributed by atoms with Gasteiger partial charge in [-0.1, -0.05) is 6.92 Å². The Morgan fingerprint density at radius 2 is 2.11 bits per heavy atom. The first kappa shape index (κ1) is 14.2. The molecular formula is C12H15F2NO3. The zero-order valence-corrected chi connectivity index (χ0v) is 10.2. The summed E-state index contributed by atoms with van der Waals surface area (Å²) < 4.78 is 33.4. The molecule has 0 heterocycles. The Kier molecular flexibility index (Phi) is 5.35. The molecule has 0 atom stereocenters. The third-order valence-electron chi connectivity index (χ3n) is 2.18. The first-order valence-corrected chi connectivity index (χ1v) is 5.49. The molecule has 1 amide bonds. The summed E-state index contributed by atoms with van der Waals surface area (Å²) in [5.74, 6) is -0.280. The zero-order chi connectivity index (χ0) is 13.5. The van der Waals surface area contributed by atoms with Crippen molar-refractivity contribution in [2.75, 3.05) is 13.7 Å². The van der Waals surface area contributed by atoms with Crippen LogP contribution in [0.25, 0.3) is 0 Å². The third kappa shape index (κ3) is 3.87. The van der Waals surface area contributed by atoms with E-state index in [4.69, 9.17) is 4.74 Å². The van der Waals surface area contributed by atoms with Crippen LogP contribution in [0, 0.1) is 0 Å². The molecule has 0 unspecified atom stereocenters. The maximum Gasteiger partial charge on any atom is 0.387 e. The molecule has 0 bridgehead atoms. The number of alkyl halides is 2. The van der Waals surface area contributed by atoms with Crippen molar-refractivity contribution in [3.8, 4) is 11.5 Å². The maximum atomic E-state index is 12.1. The van der Waals surface area contributed by atoms with Gasteiger partial charge < -0.3 is 14.8 Å². The minimum Gasteiger partial charge on any atom is -0.493 e. The number of carbonyl (C=O) groups is 1. The summed E-state index contributed by atoms with van der Waals surface area (Å²) in [6, 6.07) is 4.06. The molecule has 0 saturated carbocycles. The topological polar surface area (TPSA) is 47.6 Å². The van der Waals surface area contributed by atoms with Crippen LogP contribution in [0.15, 0.2) is 18.2 Å². The lowest BCUT2D eigenvalue weighted by molar-refractivity contribution is -0.0512. The highest BCUT2D eigenvalue weighted by molar-refractivity contribution is 5.94. The number of hydrogen-bond acceptors (Lipinski definition) is 3. The zero-order valence-electron chi connectivity index (χ0n) is 10.2. The summed E-state index contributed by atoms with van der Waals surface area (Å²) >= 11 is 0. The van der Waals surface area contributed by atoms with Gasteiger partial charge in [-0.2, -0.15) is 8.78 Å². The second kappa shape index (κ2) is 6.78. The average molecular weight is 259 g/mol. The fourth-order valence-electron chi connectivity index (χ4n) is 1.34. The lowest BCUT2D eigenvalue weighted by atomic mass is 10.2. The molecule has 0 aliphatic carbocycles. The van der Waals surface area contributed by atoms with E-state index in [9.17, 15) is 13.6 Å². The van der Waals surface area contributed by atoms with Crippen LogP contribution in [0.2, 0.25) is 0 Å². The molecule has 100 valence electrons. The van der Waals surface area contributed by atoms with E-state index in [-0.39, 0.29) is 17.4 Å². The molecule has 18 heavy (non-hydrogen) atoms. The van der Waals surface area contributed by atoms with Crippen molar-refractivity contribution in [1.82, 2.24) is 5.32 Å². The van der Waals surface area contributed by atoms with Gasteiger partial charge in [0.25, 0.3) is 5.91 Å². The van der Waals surface area contributed by atoms with E-state index < -0.39 is 6.61 Å². The van der Waals surface area contributed by atoms with Crippen molar-refractivity contribution >= 4 is 5.91 Å². The van der Waals surface area contributed by atoms with Crippen molar-refractivity contribution in [2.45, 2.75) is 20.0 Å². The molecule has 6 heteroatoms. The van der Waals surface area contributed by atoms with Gasteiger partial charge >= 0.3 is 6.61 Å². The van der Waals surface area contributed by atoms with Crippen molar-refractivity contribution in [1.29, 1.82) is 0 Å². The molecule has 0 aromatic heterocycles. The highest BCUT2D eigenvalue weighted by atomic mass is 19.3. The van der Waals surface area contributed by atoms with Gasteiger partial charge in [0.2, 0.25) is 0 Å². The Morgan fingerprint density at radius 1 is 1.39 bits per heavy atom. The Hall–Kier alpha value is -1.85. The predicted octanol–water partition coefficient (Wildman–Crippen LogP) is 2.44. The summed E-state index contributed by atoms with van der Waals surface area (Å²) in [6.07, 6.45) is 0.815. The SMILES string of the molecule is CCCNC(=O)c1ccc(OC(F)F)c(OC)c1. The monoisotopic (exact) mass is 259 g/mol. The number of benzene rings is 1. The Labute approximate surface area is 104 Å². The van der Waals surface area contributed by atoms with Crippen molar-refractivity contribution < 1.29 is 23.0 Å². The number of carbonyl (C=O) groups excluding carboxylic acids is 1. The van der Waals surface area contributed by atoms with E-state index in [2.05, 4.69) is 10.1 Å². The van der Waals surface area contributed by atoms with Gasteiger partial charge in [-0.3, -0.25) is 4.79 Å². The first-order chi connectivity index (χ1) is 8.58. The first-order valence-electron chi connectivity index (χ1n) is 5.49. The summed E-state index contributed by atoms with van der Waals surface area (Å²) in [7, 11) is 1.32.